The lowest BCUT2D eigenvalue weighted by Crippen LogP contribution is -2.43. The molecule has 1 aromatic heterocycles. The number of aliphatic carboxylic acids is 1. The van der Waals surface area contributed by atoms with Gasteiger partial charge in [0, 0.05) is 5.92 Å². The minimum absolute atomic E-state index is 0.0231. The third kappa shape index (κ3) is 4.47. The van der Waals surface area contributed by atoms with Gasteiger partial charge in [-0.1, -0.05) is 48.5 Å². The first kappa shape index (κ1) is 22.6. The van der Waals surface area contributed by atoms with E-state index in [1.165, 1.54) is 0 Å². The van der Waals surface area contributed by atoms with E-state index in [1.807, 2.05) is 36.4 Å². The maximum absolute atomic E-state index is 12.6. The van der Waals surface area contributed by atoms with Gasteiger partial charge in [-0.2, -0.15) is 0 Å². The van der Waals surface area contributed by atoms with Gasteiger partial charge < -0.3 is 29.6 Å². The van der Waals surface area contributed by atoms with Crippen molar-refractivity contribution in [1.82, 2.24) is 15.6 Å². The van der Waals surface area contributed by atoms with Gasteiger partial charge in [0.25, 0.3) is 5.91 Å². The topological polar surface area (TPSA) is 140 Å². The van der Waals surface area contributed by atoms with Crippen molar-refractivity contribution in [2.75, 3.05) is 19.8 Å². The molecule has 180 valence electrons. The number of carboxylic acids is 1. The van der Waals surface area contributed by atoms with Crippen LogP contribution < -0.4 is 10.6 Å². The molecule has 10 heteroatoms. The molecule has 1 fully saturated rings. The summed E-state index contributed by atoms with van der Waals surface area (Å²) in [7, 11) is 0. The van der Waals surface area contributed by atoms with Gasteiger partial charge in [-0.05, 0) is 22.3 Å². The van der Waals surface area contributed by atoms with E-state index >= 15 is 0 Å². The van der Waals surface area contributed by atoms with Crippen LogP contribution in [0.4, 0.5) is 4.79 Å². The highest BCUT2D eigenvalue weighted by Crippen LogP contribution is 2.44. The van der Waals surface area contributed by atoms with Gasteiger partial charge in [-0.15, -0.1) is 0 Å². The molecule has 0 bridgehead atoms. The van der Waals surface area contributed by atoms with Crippen LogP contribution in [0.25, 0.3) is 11.1 Å². The summed E-state index contributed by atoms with van der Waals surface area (Å²) < 4.78 is 15.9. The van der Waals surface area contributed by atoms with Crippen molar-refractivity contribution in [3.8, 4) is 11.1 Å². The van der Waals surface area contributed by atoms with E-state index in [0.29, 0.717) is 0 Å². The minimum atomic E-state index is -1.05. The number of oxazole rings is 1. The third-order valence-corrected chi connectivity index (χ3v) is 6.31. The van der Waals surface area contributed by atoms with Gasteiger partial charge in [0.05, 0.1) is 25.8 Å². The highest BCUT2D eigenvalue weighted by molar-refractivity contribution is 5.93. The molecule has 2 aliphatic rings. The normalized spacial score (nSPS) is 18.5. The van der Waals surface area contributed by atoms with Gasteiger partial charge in [-0.25, -0.2) is 9.78 Å². The Hall–Kier alpha value is -4.18. The summed E-state index contributed by atoms with van der Waals surface area (Å²) in [6.07, 6.45) is 0.425. The van der Waals surface area contributed by atoms with Crippen LogP contribution in [0.2, 0.25) is 0 Å². The molecular weight excluding hydrogens is 454 g/mol. The molecule has 35 heavy (non-hydrogen) atoms. The molecule has 10 nitrogen and oxygen atoms in total. The molecule has 1 saturated heterocycles. The molecule has 2 heterocycles. The largest absolute Gasteiger partial charge is 0.481 e. The van der Waals surface area contributed by atoms with Crippen LogP contribution in [0.5, 0.6) is 0 Å². The summed E-state index contributed by atoms with van der Waals surface area (Å²) in [5.74, 6) is -2.44. The van der Waals surface area contributed by atoms with Crippen LogP contribution in [0, 0.1) is 5.92 Å². The number of carbonyl (C=O) groups is 3. The number of hydrogen-bond donors (Lipinski definition) is 3. The third-order valence-electron chi connectivity index (χ3n) is 6.31. The zero-order valence-corrected chi connectivity index (χ0v) is 18.6. The van der Waals surface area contributed by atoms with Gasteiger partial charge >= 0.3 is 12.1 Å². The number of carbonyl (C=O) groups excluding carboxylic acids is 2. The maximum Gasteiger partial charge on any atom is 0.407 e. The molecule has 2 atom stereocenters. The zero-order chi connectivity index (χ0) is 24.4. The van der Waals surface area contributed by atoms with E-state index in [1.54, 1.807) is 0 Å². The standard InChI is InChI=1S/C25H23N3O7/c29-23(28-20-12-33-10-19(20)24(30)31)22-21(35-13-27-22)9-26-25(32)34-11-18-16-7-3-1-5-14(16)15-6-2-4-8-17(15)18/h1-8,13,18-20H,9-12H2,(H,26,32)(H,28,29)(H,30,31). The number of fused-ring (bicyclic) bond motifs is 3. The number of carboxylic acid groups (broad SMARTS) is 1. The van der Waals surface area contributed by atoms with Gasteiger partial charge in [0.1, 0.15) is 12.5 Å². The Morgan fingerprint density at radius 1 is 1.03 bits per heavy atom. The average Bonchev–Trinajstić information content (AvgIpc) is 3.59. The van der Waals surface area contributed by atoms with E-state index in [-0.39, 0.29) is 43.7 Å². The highest BCUT2D eigenvalue weighted by atomic mass is 16.5. The first-order valence-electron chi connectivity index (χ1n) is 11.2. The number of hydrogen-bond acceptors (Lipinski definition) is 7. The first-order chi connectivity index (χ1) is 17.0. The van der Waals surface area contributed by atoms with Crippen LogP contribution in [0.1, 0.15) is 33.3 Å². The Morgan fingerprint density at radius 3 is 2.40 bits per heavy atom. The summed E-state index contributed by atoms with van der Waals surface area (Å²) in [5, 5.41) is 14.4. The Labute approximate surface area is 200 Å². The quantitative estimate of drug-likeness (QED) is 0.472. The molecule has 5 rings (SSSR count). The summed E-state index contributed by atoms with van der Waals surface area (Å²) in [4.78, 5) is 40.2. The van der Waals surface area contributed by atoms with Crippen molar-refractivity contribution < 1.29 is 33.4 Å². The van der Waals surface area contributed by atoms with Gasteiger partial charge in [0.2, 0.25) is 0 Å². The monoisotopic (exact) mass is 477 g/mol. The zero-order valence-electron chi connectivity index (χ0n) is 18.6. The molecule has 2 aromatic carbocycles. The summed E-state index contributed by atoms with van der Waals surface area (Å²) in [6.45, 7) is 0.147. The van der Waals surface area contributed by atoms with Crippen LogP contribution >= 0.6 is 0 Å². The fourth-order valence-electron chi connectivity index (χ4n) is 4.56. The van der Waals surface area contributed by atoms with Crippen LogP contribution in [0.15, 0.2) is 59.3 Å². The van der Waals surface area contributed by atoms with Crippen molar-refractivity contribution in [2.45, 2.75) is 18.5 Å². The van der Waals surface area contributed by atoms with Crippen molar-refractivity contribution in [3.63, 3.8) is 0 Å². The average molecular weight is 477 g/mol. The van der Waals surface area contributed by atoms with Gasteiger partial charge in [0.15, 0.2) is 17.8 Å². The second-order valence-corrected chi connectivity index (χ2v) is 8.37. The lowest BCUT2D eigenvalue weighted by Gasteiger charge is -2.15. The van der Waals surface area contributed by atoms with Gasteiger partial charge in [-0.3, -0.25) is 9.59 Å². The number of ether oxygens (including phenoxy) is 2. The van der Waals surface area contributed by atoms with E-state index in [9.17, 15) is 19.5 Å². The SMILES string of the molecule is O=C(NCc1ocnc1C(=O)NC1COCC1C(=O)O)OCC1c2ccccc2-c2ccccc21. The van der Waals surface area contributed by atoms with E-state index < -0.39 is 29.9 Å². The molecule has 0 saturated carbocycles. The smallest absolute Gasteiger partial charge is 0.407 e. The number of benzene rings is 2. The number of rotatable bonds is 7. The second kappa shape index (κ2) is 9.59. The van der Waals surface area contributed by atoms with Crippen molar-refractivity contribution in [1.29, 1.82) is 0 Å². The van der Waals surface area contributed by atoms with Crippen molar-refractivity contribution in [3.05, 3.63) is 77.5 Å². The molecule has 3 N–H and O–H groups in total. The molecule has 3 aromatic rings. The molecule has 2 unspecified atom stereocenters. The van der Waals surface area contributed by atoms with Crippen molar-refractivity contribution in [2.24, 2.45) is 5.92 Å². The summed E-state index contributed by atoms with van der Waals surface area (Å²) in [5.41, 5.74) is 4.43. The lowest BCUT2D eigenvalue weighted by molar-refractivity contribution is -0.142. The second-order valence-electron chi connectivity index (χ2n) is 8.37. The number of alkyl carbamates (subject to hydrolysis) is 1. The Balaban J connectivity index is 1.18. The van der Waals surface area contributed by atoms with E-state index in [4.69, 9.17) is 13.9 Å². The predicted molar refractivity (Wildman–Crippen MR) is 122 cm³/mol. The van der Waals surface area contributed by atoms with Crippen LogP contribution in [-0.2, 0) is 20.8 Å². The van der Waals surface area contributed by atoms with Crippen LogP contribution in [-0.4, -0.2) is 53.9 Å². The first-order valence-corrected chi connectivity index (χ1v) is 11.2. The molecule has 1 aliphatic carbocycles. The summed E-state index contributed by atoms with van der Waals surface area (Å²) in [6, 6.07) is 15.4. The Morgan fingerprint density at radius 2 is 1.71 bits per heavy atom. The minimum Gasteiger partial charge on any atom is -0.481 e. The fourth-order valence-corrected chi connectivity index (χ4v) is 4.56. The van der Waals surface area contributed by atoms with Crippen molar-refractivity contribution >= 4 is 18.0 Å². The maximum atomic E-state index is 12.6. The molecular formula is C25H23N3O7. The number of aromatic nitrogens is 1. The highest BCUT2D eigenvalue weighted by Gasteiger charge is 2.36. The molecule has 0 spiro atoms. The number of amides is 2. The van der Waals surface area contributed by atoms with E-state index in [0.717, 1.165) is 28.6 Å². The molecule has 2 amide bonds. The Kier molecular flexibility index (Phi) is 6.19. The fraction of sp³-hybridized carbons (Fsp3) is 0.280. The summed E-state index contributed by atoms with van der Waals surface area (Å²) >= 11 is 0. The molecule has 1 aliphatic heterocycles. The number of nitrogens with zero attached hydrogens (tertiary/aromatic N) is 1. The lowest BCUT2D eigenvalue weighted by atomic mass is 9.98. The number of nitrogens with one attached hydrogen (secondary N) is 2. The Bertz CT molecular complexity index is 1230. The predicted octanol–water partition coefficient (Wildman–Crippen LogP) is 2.54. The van der Waals surface area contributed by atoms with Crippen LogP contribution in [0.3, 0.4) is 0 Å². The molecule has 0 radical (unpaired) electrons. The van der Waals surface area contributed by atoms with E-state index in [2.05, 4.69) is 27.8 Å².